The van der Waals surface area contributed by atoms with E-state index in [1.165, 1.54) is 22.8 Å². The molecule has 4 aromatic rings. The lowest BCUT2D eigenvalue weighted by Crippen LogP contribution is -2.44. The zero-order valence-corrected chi connectivity index (χ0v) is 46.0. The highest BCUT2D eigenvalue weighted by molar-refractivity contribution is 6.13. The average Bonchev–Trinajstić information content (AvgIpc) is 1.76. The van der Waals surface area contributed by atoms with Gasteiger partial charge in [0.1, 0.15) is 24.0 Å². The lowest BCUT2D eigenvalue weighted by molar-refractivity contribution is -0.172. The van der Waals surface area contributed by atoms with Crippen molar-refractivity contribution in [1.29, 1.82) is 0 Å². The van der Waals surface area contributed by atoms with Gasteiger partial charge in [0.15, 0.2) is 17.2 Å². The van der Waals surface area contributed by atoms with Crippen LogP contribution in [0.15, 0.2) is 59.4 Å². The molecule has 434 valence electrons. The van der Waals surface area contributed by atoms with Crippen LogP contribution in [0.4, 0.5) is 4.39 Å². The number of rotatable bonds is 31. The molecule has 5 amide bonds. The Morgan fingerprint density at radius 2 is 1.50 bits per heavy atom. The number of cyclic esters (lactones) is 1. The Morgan fingerprint density at radius 1 is 0.793 bits per heavy atom. The third kappa shape index (κ3) is 14.2. The van der Waals surface area contributed by atoms with Crippen molar-refractivity contribution < 1.29 is 71.7 Å². The van der Waals surface area contributed by atoms with E-state index < -0.39 is 64.3 Å². The van der Waals surface area contributed by atoms with Gasteiger partial charge < -0.3 is 39.8 Å². The summed E-state index contributed by atoms with van der Waals surface area (Å²) < 4.78 is 33.0. The van der Waals surface area contributed by atoms with Gasteiger partial charge in [-0.15, -0.1) is 0 Å². The Bertz CT molecular complexity index is 3280. The van der Waals surface area contributed by atoms with Crippen molar-refractivity contribution in [2.24, 2.45) is 5.92 Å². The van der Waals surface area contributed by atoms with Gasteiger partial charge in [-0.25, -0.2) is 14.2 Å². The molecule has 0 fully saturated rings. The molecule has 3 aliphatic heterocycles. The van der Waals surface area contributed by atoms with Crippen LogP contribution in [-0.4, -0.2) is 124 Å². The Morgan fingerprint density at radius 3 is 2.24 bits per heavy atom. The van der Waals surface area contributed by atoms with Crippen LogP contribution in [0.1, 0.15) is 129 Å². The number of pyridine rings is 2. The molecule has 3 atom stereocenters. The van der Waals surface area contributed by atoms with Gasteiger partial charge in [0, 0.05) is 105 Å². The third-order valence-electron chi connectivity index (χ3n) is 15.5. The van der Waals surface area contributed by atoms with E-state index in [0.29, 0.717) is 64.9 Å². The predicted molar refractivity (Wildman–Crippen MR) is 292 cm³/mol. The molecule has 0 saturated heterocycles. The molecule has 0 spiro atoms. The molecule has 4 aliphatic rings. The number of aryl methyl sites for hydroxylation is 1. The second-order valence-corrected chi connectivity index (χ2v) is 21.1. The molecule has 0 radical (unpaired) electrons. The first-order valence-corrected chi connectivity index (χ1v) is 27.8. The number of hydrogen-bond donors (Lipinski definition) is 4. The fraction of sp³-hybridized carbons (Fsp3) is 0.467. The number of carbonyl (C=O) groups is 10. The smallest absolute Gasteiger partial charge is 0.343 e. The summed E-state index contributed by atoms with van der Waals surface area (Å²) in [5.74, 6) is -5.56. The number of amides is 5. The summed E-state index contributed by atoms with van der Waals surface area (Å²) in [6.45, 7) is 3.25. The number of ether oxygens (including phenoxy) is 3. The van der Waals surface area contributed by atoms with Gasteiger partial charge in [0.05, 0.1) is 68.0 Å². The number of aliphatic hydroxyl groups is 1. The number of carbonyl (C=O) groups excluding carboxylic acids is 10. The zero-order chi connectivity index (χ0) is 58.7. The van der Waals surface area contributed by atoms with E-state index in [4.69, 9.17) is 19.2 Å². The lowest BCUT2D eigenvalue weighted by atomic mass is 9.81. The Labute approximate surface area is 471 Å². The van der Waals surface area contributed by atoms with Crippen LogP contribution in [0.25, 0.3) is 22.3 Å². The molecule has 2 aromatic carbocycles. The number of ketones is 4. The molecule has 1 aliphatic carbocycles. The number of imide groups is 1. The number of hydrogen-bond acceptors (Lipinski definition) is 16. The van der Waals surface area contributed by atoms with Crippen molar-refractivity contribution in [2.75, 3.05) is 46.1 Å². The molecule has 5 heterocycles. The summed E-state index contributed by atoms with van der Waals surface area (Å²) in [7, 11) is 0. The van der Waals surface area contributed by atoms with E-state index in [-0.39, 0.29) is 158 Å². The molecule has 0 bridgehead atoms. The van der Waals surface area contributed by atoms with Crippen molar-refractivity contribution in [1.82, 2.24) is 30.4 Å². The monoisotopic (exact) mass is 1130 g/mol. The molecule has 82 heavy (non-hydrogen) atoms. The highest BCUT2D eigenvalue weighted by Crippen LogP contribution is 2.46. The minimum atomic E-state index is -2.05. The first kappa shape index (κ1) is 60.2. The molecule has 2 aromatic heterocycles. The largest absolute Gasteiger partial charge is 0.458 e. The van der Waals surface area contributed by atoms with E-state index in [2.05, 4.69) is 16.0 Å². The van der Waals surface area contributed by atoms with Gasteiger partial charge in [-0.1, -0.05) is 37.3 Å². The van der Waals surface area contributed by atoms with Crippen LogP contribution in [0.5, 0.6) is 0 Å². The number of benzene rings is 2. The summed E-state index contributed by atoms with van der Waals surface area (Å²) in [5.41, 5.74) is 2.15. The molecule has 4 N–H and O–H groups in total. The normalized spacial score (nSPS) is 17.0. The number of fused-ring (bicyclic) bond motifs is 5. The van der Waals surface area contributed by atoms with E-state index in [9.17, 15) is 57.8 Å². The topological polar surface area (TPSA) is 293 Å². The fourth-order valence-corrected chi connectivity index (χ4v) is 10.9. The molecule has 8 rings (SSSR count). The van der Waals surface area contributed by atoms with Crippen molar-refractivity contribution in [3.8, 4) is 11.4 Å². The maximum absolute atomic E-state index is 15.4. The summed E-state index contributed by atoms with van der Waals surface area (Å²) in [6, 6.07) is 11.3. The Balaban J connectivity index is 0.753. The number of esters is 1. The van der Waals surface area contributed by atoms with Gasteiger partial charge in [0.25, 0.3) is 17.4 Å². The summed E-state index contributed by atoms with van der Waals surface area (Å²) in [4.78, 5) is 146. The van der Waals surface area contributed by atoms with Crippen LogP contribution < -0.4 is 21.5 Å². The standard InChI is InChI=1S/C60H67FN6O15/c1-3-60(79)45-29-49-56-43(33-67(49)58(77)44(45)34-82-59(60)78)55-47(16-15-42-35(2)46(61)30-48(65-56)54(42)55)64-51(73)13-7-11-40(70)31-63-57(76)37(27-36-9-5-4-6-10-36)28-41(71)32-62-50(72)17-14-39(69)21-24-81-26-25-80-23-8-12-38(68)20-22-66-52(74)18-19-53(66)75/h4-6,9-10,18-19,29-30,37,47,79H,3,7-8,11-17,20-28,31-34H2,1-2H3,(H,62,72)(H,63,76)(H,64,73)/t37-,47+,60+/m1/s1. The Hall–Kier alpha value is -7.95. The van der Waals surface area contributed by atoms with Crippen molar-refractivity contribution in [3.63, 3.8) is 0 Å². The summed E-state index contributed by atoms with van der Waals surface area (Å²) >= 11 is 0. The van der Waals surface area contributed by atoms with Crippen molar-refractivity contribution in [2.45, 2.75) is 129 Å². The minimum Gasteiger partial charge on any atom is -0.458 e. The van der Waals surface area contributed by atoms with Crippen LogP contribution in [0.2, 0.25) is 0 Å². The van der Waals surface area contributed by atoms with E-state index in [1.54, 1.807) is 44.2 Å². The van der Waals surface area contributed by atoms with Gasteiger partial charge in [-0.2, -0.15) is 0 Å². The predicted octanol–water partition coefficient (Wildman–Crippen LogP) is 3.86. The first-order chi connectivity index (χ1) is 39.4. The second-order valence-electron chi connectivity index (χ2n) is 21.1. The highest BCUT2D eigenvalue weighted by Gasteiger charge is 2.46. The van der Waals surface area contributed by atoms with Crippen molar-refractivity contribution >= 4 is 69.5 Å². The number of nitrogens with one attached hydrogen (secondary N) is 3. The summed E-state index contributed by atoms with van der Waals surface area (Å²) in [6.07, 6.45) is 3.74. The summed E-state index contributed by atoms with van der Waals surface area (Å²) in [5, 5.41) is 20.3. The van der Waals surface area contributed by atoms with E-state index in [1.807, 2.05) is 6.07 Å². The molecule has 21 nitrogen and oxygen atoms in total. The minimum absolute atomic E-state index is 0.0419. The average molecular weight is 1130 g/mol. The molecule has 22 heteroatoms. The number of nitrogens with zero attached hydrogens (tertiary/aromatic N) is 3. The van der Waals surface area contributed by atoms with Crippen LogP contribution >= 0.6 is 0 Å². The number of Topliss-reactive ketones (excluding diaryl/α,β-unsaturated/α-hetero) is 4. The van der Waals surface area contributed by atoms with Crippen LogP contribution in [0, 0.1) is 18.7 Å². The second kappa shape index (κ2) is 27.2. The maximum Gasteiger partial charge on any atom is 0.343 e. The quantitative estimate of drug-likeness (QED) is 0.0278. The third-order valence-corrected chi connectivity index (χ3v) is 15.5. The van der Waals surface area contributed by atoms with E-state index in [0.717, 1.165) is 16.0 Å². The fourth-order valence-electron chi connectivity index (χ4n) is 10.9. The van der Waals surface area contributed by atoms with Gasteiger partial charge in [-0.05, 0) is 73.8 Å². The number of halogens is 1. The molecule has 0 saturated carbocycles. The lowest BCUT2D eigenvalue weighted by Gasteiger charge is -2.31. The molecular weight excluding hydrogens is 1060 g/mol. The first-order valence-electron chi connectivity index (χ1n) is 27.8. The van der Waals surface area contributed by atoms with Crippen molar-refractivity contribution in [3.05, 3.63) is 110 Å². The maximum atomic E-state index is 15.4. The zero-order valence-electron chi connectivity index (χ0n) is 46.0. The van der Waals surface area contributed by atoms with Gasteiger partial charge >= 0.3 is 5.97 Å². The SMILES string of the molecule is CC[C@@]1(O)C(=O)OCc2c1cc1n(c2=O)Cc2c-1nc1cc(F)c(C)c3c1c2[C@@H](NC(=O)CCCC(=O)CNC(=O)[C@@H](CC(=O)CNC(=O)CCC(=O)CCOCCOCCCC(=O)CCN1C(=O)C=CC1=O)Cc1ccccc1)CC3. The van der Waals surface area contributed by atoms with Crippen LogP contribution in [0.3, 0.4) is 0 Å². The number of aromatic nitrogens is 2. The Kier molecular flexibility index (Phi) is 20.0. The van der Waals surface area contributed by atoms with E-state index >= 15 is 4.39 Å². The molecule has 0 unspecified atom stereocenters. The van der Waals surface area contributed by atoms with Gasteiger partial charge in [-0.3, -0.25) is 52.8 Å². The van der Waals surface area contributed by atoms with Gasteiger partial charge in [0.2, 0.25) is 17.7 Å². The highest BCUT2D eigenvalue weighted by atomic mass is 19.1. The van der Waals surface area contributed by atoms with Crippen LogP contribution in [-0.2, 0) is 93.8 Å². The molecular formula is C60H67FN6O15.